The minimum absolute atomic E-state index is 0.0252. The first-order valence-corrected chi connectivity index (χ1v) is 10.7. The fourth-order valence-corrected chi connectivity index (χ4v) is 5.35. The van der Waals surface area contributed by atoms with E-state index in [-0.39, 0.29) is 17.9 Å². The van der Waals surface area contributed by atoms with Gasteiger partial charge in [0.15, 0.2) is 0 Å². The molecule has 2 aliphatic rings. The molecule has 2 N–H and O–H groups in total. The first-order valence-electron chi connectivity index (χ1n) is 9.89. The third-order valence-corrected chi connectivity index (χ3v) is 6.70. The second-order valence-corrected chi connectivity index (χ2v) is 8.52. The van der Waals surface area contributed by atoms with Crippen molar-refractivity contribution in [3.8, 4) is 0 Å². The van der Waals surface area contributed by atoms with Crippen molar-refractivity contribution in [2.75, 3.05) is 5.32 Å². The van der Waals surface area contributed by atoms with Gasteiger partial charge in [-0.1, -0.05) is 19.3 Å². The molecule has 2 aromatic rings. The summed E-state index contributed by atoms with van der Waals surface area (Å²) in [5.74, 6) is -0.240. The van der Waals surface area contributed by atoms with Crippen LogP contribution in [0.5, 0.6) is 0 Å². The molecule has 4 rings (SSSR count). The average molecular weight is 384 g/mol. The molecule has 27 heavy (non-hydrogen) atoms. The van der Waals surface area contributed by atoms with Crippen LogP contribution in [0.3, 0.4) is 0 Å². The molecule has 0 spiro atoms. The second-order valence-electron chi connectivity index (χ2n) is 7.42. The molecule has 2 aliphatic carbocycles. The normalized spacial score (nSPS) is 17.2. The van der Waals surface area contributed by atoms with Crippen LogP contribution in [-0.2, 0) is 12.8 Å². The van der Waals surface area contributed by atoms with Crippen LogP contribution < -0.4 is 10.6 Å². The van der Waals surface area contributed by atoms with Crippen LogP contribution in [0.25, 0.3) is 0 Å². The Hall–Kier alpha value is -2.21. The van der Waals surface area contributed by atoms with E-state index in [1.54, 1.807) is 35.9 Å². The molecule has 0 aromatic carbocycles. The van der Waals surface area contributed by atoms with E-state index in [1.165, 1.54) is 24.1 Å². The van der Waals surface area contributed by atoms with Gasteiger partial charge in [0.05, 0.1) is 11.1 Å². The van der Waals surface area contributed by atoms with E-state index < -0.39 is 0 Å². The van der Waals surface area contributed by atoms with Crippen molar-refractivity contribution in [3.63, 3.8) is 0 Å². The second kappa shape index (κ2) is 8.21. The molecule has 1 saturated carbocycles. The fourth-order valence-electron chi connectivity index (χ4n) is 4.07. The summed E-state index contributed by atoms with van der Waals surface area (Å²) >= 11 is 1.56. The molecule has 0 aliphatic heterocycles. The number of pyridine rings is 1. The highest BCUT2D eigenvalue weighted by atomic mass is 32.1. The van der Waals surface area contributed by atoms with Gasteiger partial charge >= 0.3 is 0 Å². The third-order valence-electron chi connectivity index (χ3n) is 5.49. The van der Waals surface area contributed by atoms with Crippen molar-refractivity contribution in [1.82, 2.24) is 10.3 Å². The Labute approximate surface area is 163 Å². The van der Waals surface area contributed by atoms with E-state index in [0.29, 0.717) is 16.1 Å². The number of aryl methyl sites for hydroxylation is 1. The summed E-state index contributed by atoms with van der Waals surface area (Å²) < 4.78 is 0. The lowest BCUT2D eigenvalue weighted by Gasteiger charge is -2.23. The average Bonchev–Trinajstić information content (AvgIpc) is 3.07. The predicted molar refractivity (Wildman–Crippen MR) is 107 cm³/mol. The van der Waals surface area contributed by atoms with Crippen LogP contribution in [0, 0.1) is 0 Å². The Morgan fingerprint density at radius 2 is 1.85 bits per heavy atom. The lowest BCUT2D eigenvalue weighted by atomic mass is 9.93. The Morgan fingerprint density at radius 1 is 1.04 bits per heavy atom. The maximum atomic E-state index is 13.1. The zero-order valence-electron chi connectivity index (χ0n) is 15.4. The highest BCUT2D eigenvalue weighted by molar-refractivity contribution is 7.17. The lowest BCUT2D eigenvalue weighted by Crippen LogP contribution is -2.37. The summed E-state index contributed by atoms with van der Waals surface area (Å²) in [6.07, 6.45) is 13.1. The number of nitrogens with one attached hydrogen (secondary N) is 2. The maximum Gasteiger partial charge on any atom is 0.257 e. The van der Waals surface area contributed by atoms with Crippen LogP contribution in [0.1, 0.15) is 76.1 Å². The first kappa shape index (κ1) is 18.2. The standard InChI is InChI=1S/C21H25N3O2S/c25-19(14-7-6-12-22-13-14)24-21-18(16-10-4-5-11-17(16)27-21)20(26)23-15-8-2-1-3-9-15/h6-7,12-13,15H,1-5,8-11H2,(H,23,26)(H,24,25). The number of fused-ring (bicyclic) bond motifs is 1. The number of thiophene rings is 1. The predicted octanol–water partition coefficient (Wildman–Crippen LogP) is 4.34. The third kappa shape index (κ3) is 4.05. The molecule has 0 bridgehead atoms. The SMILES string of the molecule is O=C(Nc1sc2c(c1C(=O)NC1CCCCC1)CCCC2)c1cccnc1. The first-order chi connectivity index (χ1) is 13.2. The molecule has 142 valence electrons. The van der Waals surface area contributed by atoms with Gasteiger partial charge in [-0.25, -0.2) is 0 Å². The Morgan fingerprint density at radius 3 is 2.63 bits per heavy atom. The summed E-state index contributed by atoms with van der Waals surface area (Å²) in [7, 11) is 0. The van der Waals surface area contributed by atoms with Crippen molar-refractivity contribution in [3.05, 3.63) is 46.1 Å². The van der Waals surface area contributed by atoms with Gasteiger partial charge in [0.25, 0.3) is 11.8 Å². The van der Waals surface area contributed by atoms with E-state index in [9.17, 15) is 9.59 Å². The lowest BCUT2D eigenvalue weighted by molar-refractivity contribution is 0.0928. The van der Waals surface area contributed by atoms with Gasteiger partial charge in [0.1, 0.15) is 5.00 Å². The topological polar surface area (TPSA) is 71.1 Å². The van der Waals surface area contributed by atoms with E-state index in [1.807, 2.05) is 0 Å². The zero-order valence-corrected chi connectivity index (χ0v) is 16.2. The molecule has 2 heterocycles. The minimum atomic E-state index is -0.214. The fraction of sp³-hybridized carbons (Fsp3) is 0.476. The smallest absolute Gasteiger partial charge is 0.257 e. The number of hydrogen-bond donors (Lipinski definition) is 2. The van der Waals surface area contributed by atoms with Gasteiger partial charge in [-0.15, -0.1) is 11.3 Å². The monoisotopic (exact) mass is 383 g/mol. The molecule has 6 heteroatoms. The van der Waals surface area contributed by atoms with Gasteiger partial charge in [-0.05, 0) is 56.2 Å². The Bertz CT molecular complexity index is 825. The van der Waals surface area contributed by atoms with Gasteiger partial charge < -0.3 is 10.6 Å². The number of aromatic nitrogens is 1. The van der Waals surface area contributed by atoms with Crippen molar-refractivity contribution in [1.29, 1.82) is 0 Å². The molecule has 0 atom stereocenters. The van der Waals surface area contributed by atoms with Crippen molar-refractivity contribution in [2.45, 2.75) is 63.8 Å². The van der Waals surface area contributed by atoms with E-state index in [2.05, 4.69) is 15.6 Å². The highest BCUT2D eigenvalue weighted by Gasteiger charge is 2.28. The molecule has 5 nitrogen and oxygen atoms in total. The molecule has 1 fully saturated rings. The number of rotatable bonds is 4. The van der Waals surface area contributed by atoms with Crippen molar-refractivity contribution in [2.24, 2.45) is 0 Å². The zero-order chi connectivity index (χ0) is 18.6. The molecule has 0 unspecified atom stereocenters. The Kier molecular flexibility index (Phi) is 5.53. The number of hydrogen-bond acceptors (Lipinski definition) is 4. The number of anilines is 1. The van der Waals surface area contributed by atoms with Crippen LogP contribution in [0.2, 0.25) is 0 Å². The molecular formula is C21H25N3O2S. The van der Waals surface area contributed by atoms with Crippen LogP contribution in [0.4, 0.5) is 5.00 Å². The quantitative estimate of drug-likeness (QED) is 0.825. The van der Waals surface area contributed by atoms with E-state index >= 15 is 0 Å². The number of amides is 2. The largest absolute Gasteiger partial charge is 0.349 e. The van der Waals surface area contributed by atoms with Gasteiger partial charge in [-0.3, -0.25) is 14.6 Å². The summed E-state index contributed by atoms with van der Waals surface area (Å²) in [6, 6.07) is 3.73. The molecule has 0 radical (unpaired) electrons. The maximum absolute atomic E-state index is 13.1. The van der Waals surface area contributed by atoms with E-state index in [4.69, 9.17) is 0 Å². The summed E-state index contributed by atoms with van der Waals surface area (Å²) in [5.41, 5.74) is 2.33. The highest BCUT2D eigenvalue weighted by Crippen LogP contribution is 2.38. The summed E-state index contributed by atoms with van der Waals surface area (Å²) in [6.45, 7) is 0. The van der Waals surface area contributed by atoms with Crippen LogP contribution in [0.15, 0.2) is 24.5 Å². The van der Waals surface area contributed by atoms with Crippen molar-refractivity contribution >= 4 is 28.2 Å². The summed E-state index contributed by atoms with van der Waals surface area (Å²) in [4.78, 5) is 31.0. The van der Waals surface area contributed by atoms with Gasteiger partial charge in [-0.2, -0.15) is 0 Å². The minimum Gasteiger partial charge on any atom is -0.349 e. The number of nitrogens with zero attached hydrogens (tertiary/aromatic N) is 1. The molecule has 2 aromatic heterocycles. The number of carbonyl (C=O) groups excluding carboxylic acids is 2. The molecule has 0 saturated heterocycles. The molecular weight excluding hydrogens is 358 g/mol. The van der Waals surface area contributed by atoms with Crippen molar-refractivity contribution < 1.29 is 9.59 Å². The van der Waals surface area contributed by atoms with Gasteiger partial charge in [0, 0.05) is 23.3 Å². The Balaban J connectivity index is 1.59. The van der Waals surface area contributed by atoms with Crippen LogP contribution in [-0.4, -0.2) is 22.8 Å². The van der Waals surface area contributed by atoms with Crippen LogP contribution >= 0.6 is 11.3 Å². The summed E-state index contributed by atoms with van der Waals surface area (Å²) in [5, 5.41) is 6.89. The number of carbonyl (C=O) groups is 2. The van der Waals surface area contributed by atoms with E-state index in [0.717, 1.165) is 44.1 Å². The molecule has 2 amide bonds. The van der Waals surface area contributed by atoms with Gasteiger partial charge in [0.2, 0.25) is 0 Å².